The number of aromatic nitrogens is 1. The van der Waals surface area contributed by atoms with Crippen molar-refractivity contribution in [2.45, 2.75) is 141 Å². The first-order valence-electron chi connectivity index (χ1n) is 22.7. The Morgan fingerprint density at radius 3 is 2.40 bits per heavy atom. The molecule has 2 aromatic rings. The number of hydrogen-bond donors (Lipinski definition) is 1. The molecule has 13 atom stereocenters. The van der Waals surface area contributed by atoms with Crippen molar-refractivity contribution in [2.24, 2.45) is 23.7 Å². The van der Waals surface area contributed by atoms with Crippen LogP contribution in [-0.2, 0) is 38.1 Å². The molecule has 1 amide bonds. The van der Waals surface area contributed by atoms with Gasteiger partial charge in [-0.3, -0.25) is 19.4 Å². The van der Waals surface area contributed by atoms with Crippen molar-refractivity contribution >= 4 is 40.6 Å². The normalized spacial score (nSPS) is 36.7. The number of amides is 1. The van der Waals surface area contributed by atoms with E-state index in [2.05, 4.69) is 9.88 Å². The average Bonchev–Trinajstić information content (AvgIpc) is 3.48. The standard InChI is InChI=1S/C48H70N4O10/c1-11-38-48(8)42(52(46(57)62-48)23-16-22-51-20-15-21-51)31(4)39(53)29(2)27-47(7,58-24-14-17-34-26-35-18-12-13-19-36(35)49-28-34)43(32(5)40(54)33(6)44(56)60-38)61-45-41(55)37(50(9)10)25-30(3)59-45/h12-14,17-19,26,28-33,37-38,41-43,45,55H,11,15-16,20-25,27H2,1-10H3/b17-14+/t29-,30-,31+,32+,33-,37+,38-,41-,42-,43-,45+,47-,48-/m1/s1. The number of benzene rings is 1. The fourth-order valence-electron chi connectivity index (χ4n) is 10.3. The minimum absolute atomic E-state index is 0.0645. The van der Waals surface area contributed by atoms with E-state index in [1.807, 2.05) is 96.1 Å². The molecule has 0 aliphatic carbocycles. The van der Waals surface area contributed by atoms with Gasteiger partial charge in [0.05, 0.1) is 36.0 Å². The summed E-state index contributed by atoms with van der Waals surface area (Å²) in [5, 5.41) is 12.7. The molecule has 4 saturated heterocycles. The van der Waals surface area contributed by atoms with Crippen LogP contribution in [0.5, 0.6) is 0 Å². The number of hydrogen-bond acceptors (Lipinski definition) is 13. The van der Waals surface area contributed by atoms with E-state index in [-0.39, 0.29) is 37.4 Å². The predicted octanol–water partition coefficient (Wildman–Crippen LogP) is 5.92. The van der Waals surface area contributed by atoms with Gasteiger partial charge in [0.2, 0.25) is 0 Å². The molecule has 5 heterocycles. The zero-order valence-corrected chi connectivity index (χ0v) is 38.5. The van der Waals surface area contributed by atoms with E-state index in [1.165, 1.54) is 6.92 Å². The van der Waals surface area contributed by atoms with Crippen LogP contribution in [0.1, 0.15) is 93.1 Å². The maximum Gasteiger partial charge on any atom is 0.410 e. The van der Waals surface area contributed by atoms with E-state index >= 15 is 4.79 Å². The number of esters is 1. The van der Waals surface area contributed by atoms with Crippen molar-refractivity contribution in [1.29, 1.82) is 0 Å². The Kier molecular flexibility index (Phi) is 15.3. The summed E-state index contributed by atoms with van der Waals surface area (Å²) in [6, 6.07) is 8.81. The van der Waals surface area contributed by atoms with Crippen molar-refractivity contribution in [1.82, 2.24) is 19.7 Å². The first-order valence-corrected chi connectivity index (χ1v) is 22.7. The summed E-state index contributed by atoms with van der Waals surface area (Å²) in [5.74, 6) is -5.04. The van der Waals surface area contributed by atoms with Gasteiger partial charge in [-0.15, -0.1) is 0 Å². The van der Waals surface area contributed by atoms with E-state index in [9.17, 15) is 19.5 Å². The highest BCUT2D eigenvalue weighted by atomic mass is 16.7. The van der Waals surface area contributed by atoms with Crippen LogP contribution in [0, 0.1) is 23.7 Å². The lowest BCUT2D eigenvalue weighted by Gasteiger charge is -2.47. The molecule has 4 aliphatic rings. The predicted molar refractivity (Wildman–Crippen MR) is 235 cm³/mol. The molecule has 4 fully saturated rings. The fraction of sp³-hybridized carbons (Fsp3) is 0.688. The first kappa shape index (κ1) is 47.7. The molecule has 0 saturated carbocycles. The lowest BCUT2D eigenvalue weighted by molar-refractivity contribution is -0.296. The van der Waals surface area contributed by atoms with Crippen LogP contribution >= 0.6 is 0 Å². The largest absolute Gasteiger partial charge is 0.458 e. The number of pyridine rings is 1. The number of para-hydroxylation sites is 1. The quantitative estimate of drug-likeness (QED) is 0.199. The first-order chi connectivity index (χ1) is 29.4. The highest BCUT2D eigenvalue weighted by Crippen LogP contribution is 2.43. The lowest BCUT2D eigenvalue weighted by atomic mass is 9.73. The number of aliphatic hydroxyl groups excluding tert-OH is 1. The number of likely N-dealkylation sites (tertiary alicyclic amines) is 1. The second-order valence-electron chi connectivity index (χ2n) is 18.9. The van der Waals surface area contributed by atoms with Gasteiger partial charge in [0.15, 0.2) is 17.7 Å². The second kappa shape index (κ2) is 19.9. The van der Waals surface area contributed by atoms with Gasteiger partial charge in [0, 0.05) is 41.9 Å². The van der Waals surface area contributed by atoms with Crippen LogP contribution < -0.4 is 0 Å². The molecular weight excluding hydrogens is 793 g/mol. The topological polar surface area (TPSA) is 157 Å². The maximum atomic E-state index is 15.0. The highest BCUT2D eigenvalue weighted by Gasteiger charge is 2.60. The minimum atomic E-state index is -1.38. The van der Waals surface area contributed by atoms with E-state index in [1.54, 1.807) is 24.9 Å². The molecule has 0 radical (unpaired) electrons. The number of fused-ring (bicyclic) bond motifs is 2. The number of carbonyl (C=O) groups excluding carboxylic acids is 4. The molecule has 1 aromatic heterocycles. The highest BCUT2D eigenvalue weighted by molar-refractivity contribution is 6.00. The molecule has 1 N–H and O–H groups in total. The number of rotatable bonds is 12. The molecule has 62 heavy (non-hydrogen) atoms. The van der Waals surface area contributed by atoms with Crippen LogP contribution in [-0.4, -0.2) is 149 Å². The van der Waals surface area contributed by atoms with Crippen molar-refractivity contribution in [3.63, 3.8) is 0 Å². The van der Waals surface area contributed by atoms with Gasteiger partial charge >= 0.3 is 12.1 Å². The molecule has 0 unspecified atom stereocenters. The van der Waals surface area contributed by atoms with E-state index in [4.69, 9.17) is 23.7 Å². The van der Waals surface area contributed by atoms with Crippen LogP contribution in [0.2, 0.25) is 0 Å². The van der Waals surface area contributed by atoms with Crippen LogP contribution in [0.15, 0.2) is 42.6 Å². The summed E-state index contributed by atoms with van der Waals surface area (Å²) in [6.45, 7) is 17.4. The molecule has 0 bridgehead atoms. The third-order valence-corrected chi connectivity index (χ3v) is 13.9. The third kappa shape index (κ3) is 10.1. The summed E-state index contributed by atoms with van der Waals surface area (Å²) in [6.07, 6.45) is 3.18. The van der Waals surface area contributed by atoms with E-state index < -0.39 is 83.4 Å². The summed E-state index contributed by atoms with van der Waals surface area (Å²) >= 11 is 0. The Balaban J connectivity index is 1.39. The number of cyclic esters (lactones) is 1. The average molecular weight is 863 g/mol. The maximum absolute atomic E-state index is 15.0. The molecular formula is C48H70N4O10. The number of ether oxygens (including phenoxy) is 5. The van der Waals surface area contributed by atoms with Crippen molar-refractivity contribution in [3.8, 4) is 0 Å². The smallest absolute Gasteiger partial charge is 0.410 e. The van der Waals surface area contributed by atoms with E-state index in [0.717, 1.165) is 42.5 Å². The second-order valence-corrected chi connectivity index (χ2v) is 18.9. The third-order valence-electron chi connectivity index (χ3n) is 13.9. The zero-order valence-electron chi connectivity index (χ0n) is 38.5. The number of nitrogens with zero attached hydrogens (tertiary/aromatic N) is 4. The summed E-state index contributed by atoms with van der Waals surface area (Å²) in [4.78, 5) is 68.2. The number of aliphatic hydroxyl groups is 1. The Bertz CT molecular complexity index is 1940. The zero-order chi connectivity index (χ0) is 45.1. The molecule has 6 rings (SSSR count). The Morgan fingerprint density at radius 2 is 1.73 bits per heavy atom. The summed E-state index contributed by atoms with van der Waals surface area (Å²) in [5.41, 5.74) is -1.00. The number of likely N-dealkylation sites (N-methyl/N-ethyl adjacent to an activating group) is 1. The Morgan fingerprint density at radius 1 is 1.00 bits per heavy atom. The fourth-order valence-corrected chi connectivity index (χ4v) is 10.3. The lowest BCUT2D eigenvalue weighted by Crippen LogP contribution is -2.60. The van der Waals surface area contributed by atoms with E-state index in [0.29, 0.717) is 19.4 Å². The summed E-state index contributed by atoms with van der Waals surface area (Å²) in [7, 11) is 3.77. The molecule has 342 valence electrons. The van der Waals surface area contributed by atoms with Gasteiger partial charge in [-0.25, -0.2) is 4.79 Å². The SMILES string of the molecule is CC[C@H]1OC(=O)[C@H](C)C(=O)[C@H](C)[C@@H](O[C@@H]2O[C@H](C)C[C@H](N(C)C)[C@H]2O)[C@](C)(OC/C=C/c2cnc3ccccc3c2)C[C@@H](C)C(=O)[C@H](C)[C@H]2N(CCCN3CCC3)C(=O)O[C@]12C. The van der Waals surface area contributed by atoms with Gasteiger partial charge in [-0.1, -0.05) is 58.0 Å². The van der Waals surface area contributed by atoms with Crippen LogP contribution in [0.4, 0.5) is 4.79 Å². The molecule has 0 spiro atoms. The van der Waals surface area contributed by atoms with Crippen LogP contribution in [0.25, 0.3) is 17.0 Å². The van der Waals surface area contributed by atoms with Gasteiger partial charge in [0.25, 0.3) is 0 Å². The number of ketones is 2. The molecule has 14 heteroatoms. The Hall–Kier alpha value is -3.79. The molecule has 4 aliphatic heterocycles. The monoisotopic (exact) mass is 863 g/mol. The Labute approximate surface area is 367 Å². The van der Waals surface area contributed by atoms with Gasteiger partial charge in [0.1, 0.15) is 23.9 Å². The molecule has 14 nitrogen and oxygen atoms in total. The summed E-state index contributed by atoms with van der Waals surface area (Å²) < 4.78 is 32.3. The van der Waals surface area contributed by atoms with Gasteiger partial charge < -0.3 is 43.5 Å². The van der Waals surface area contributed by atoms with Crippen molar-refractivity contribution in [2.75, 3.05) is 46.9 Å². The van der Waals surface area contributed by atoms with Gasteiger partial charge in [-0.05, 0) is 111 Å². The van der Waals surface area contributed by atoms with Gasteiger partial charge in [-0.2, -0.15) is 0 Å². The van der Waals surface area contributed by atoms with Crippen LogP contribution in [0.3, 0.4) is 0 Å². The minimum Gasteiger partial charge on any atom is -0.458 e. The van der Waals surface area contributed by atoms with Crippen molar-refractivity contribution in [3.05, 3.63) is 48.2 Å². The number of carbonyl (C=O) groups is 4. The number of Topliss-reactive ketones (excluding diaryl/α,β-unsaturated/α-hetero) is 2. The van der Waals surface area contributed by atoms with Crippen molar-refractivity contribution < 1.29 is 48.0 Å². The molecule has 1 aromatic carbocycles.